The molecular weight excluding hydrogens is 225 g/mol. The molecule has 2 heteroatoms. The highest BCUT2D eigenvalue weighted by molar-refractivity contribution is 14.1. The number of alkyl halides is 1. The monoisotopic (exact) mass is 239 g/mol. The fourth-order valence-corrected chi connectivity index (χ4v) is 2.54. The first-order valence-corrected chi connectivity index (χ1v) is 4.84. The molecule has 2 atom stereocenters. The van der Waals surface area contributed by atoms with Crippen molar-refractivity contribution in [2.45, 2.75) is 23.8 Å². The van der Waals surface area contributed by atoms with E-state index in [9.17, 15) is 0 Å². The molecule has 0 aromatic rings. The number of hydrogen-bond acceptors (Lipinski definition) is 1. The largest absolute Gasteiger partial charge is 0.294 e. The van der Waals surface area contributed by atoms with Crippen LogP contribution >= 0.6 is 22.6 Å². The van der Waals surface area contributed by atoms with Gasteiger partial charge >= 0.3 is 0 Å². The van der Waals surface area contributed by atoms with E-state index in [2.05, 4.69) is 41.5 Å². The van der Waals surface area contributed by atoms with Crippen molar-refractivity contribution in [2.24, 2.45) is 5.92 Å². The number of rotatable bonds is 1. The number of likely N-dealkylation sites (tertiary alicyclic amines) is 1. The van der Waals surface area contributed by atoms with Crippen molar-refractivity contribution in [1.29, 1.82) is 0 Å². The molecule has 1 nitrogen and oxygen atoms in total. The molecule has 0 radical (unpaired) electrons. The van der Waals surface area contributed by atoms with Gasteiger partial charge in [-0.1, -0.05) is 35.9 Å². The topological polar surface area (TPSA) is 3.24 Å². The number of halogens is 1. The van der Waals surface area contributed by atoms with Gasteiger partial charge in [0.2, 0.25) is 0 Å². The van der Waals surface area contributed by atoms with E-state index in [4.69, 9.17) is 0 Å². The quantitative estimate of drug-likeness (QED) is 0.385. The molecule has 0 amide bonds. The molecule has 1 rings (SSSR count). The zero-order chi connectivity index (χ0) is 6.85. The van der Waals surface area contributed by atoms with Gasteiger partial charge in [0.25, 0.3) is 0 Å². The molecule has 1 aliphatic heterocycles. The predicted molar refractivity (Wildman–Crippen MR) is 48.8 cm³/mol. The van der Waals surface area contributed by atoms with Gasteiger partial charge in [0.1, 0.15) is 0 Å². The van der Waals surface area contributed by atoms with Crippen LogP contribution in [-0.4, -0.2) is 22.5 Å². The summed E-state index contributed by atoms with van der Waals surface area (Å²) in [6.07, 6.45) is 2.75. The van der Waals surface area contributed by atoms with Crippen molar-refractivity contribution in [3.63, 3.8) is 0 Å². The lowest BCUT2D eigenvalue weighted by atomic mass is 10.1. The van der Waals surface area contributed by atoms with Gasteiger partial charge < -0.3 is 0 Å². The lowest BCUT2D eigenvalue weighted by Gasteiger charge is -2.16. The fourth-order valence-electron chi connectivity index (χ4n) is 1.39. The highest BCUT2D eigenvalue weighted by atomic mass is 127. The molecule has 0 N–H and O–H groups in total. The molecule has 2 unspecified atom stereocenters. The predicted octanol–water partition coefficient (Wildman–Crippen LogP) is 2.11. The van der Waals surface area contributed by atoms with Gasteiger partial charge in [-0.15, -0.1) is 0 Å². The van der Waals surface area contributed by atoms with Gasteiger partial charge in [-0.2, -0.15) is 0 Å². The Labute approximate surface area is 70.9 Å². The minimum Gasteiger partial charge on any atom is -0.294 e. The summed E-state index contributed by atoms with van der Waals surface area (Å²) in [6, 6.07) is 0. The van der Waals surface area contributed by atoms with Crippen molar-refractivity contribution < 1.29 is 0 Å². The second kappa shape index (κ2) is 3.19. The molecule has 0 saturated carbocycles. The molecule has 1 saturated heterocycles. The highest BCUT2D eigenvalue weighted by Crippen LogP contribution is 2.29. The van der Waals surface area contributed by atoms with Crippen LogP contribution in [0.5, 0.6) is 0 Å². The Morgan fingerprint density at radius 2 is 2.33 bits per heavy atom. The molecular formula is C7H14IN. The van der Waals surface area contributed by atoms with E-state index in [1.54, 1.807) is 0 Å². The summed E-state index contributed by atoms with van der Waals surface area (Å²) in [6.45, 7) is 3.58. The molecule has 0 aromatic carbocycles. The molecule has 0 aliphatic carbocycles. The van der Waals surface area contributed by atoms with Crippen LogP contribution in [0.15, 0.2) is 0 Å². The maximum atomic E-state index is 2.55. The van der Waals surface area contributed by atoms with E-state index >= 15 is 0 Å². The van der Waals surface area contributed by atoms with Crippen LogP contribution < -0.4 is 0 Å². The summed E-state index contributed by atoms with van der Waals surface area (Å²) in [5.41, 5.74) is 0. The first-order chi connectivity index (χ1) is 4.25. The van der Waals surface area contributed by atoms with Crippen LogP contribution in [0.1, 0.15) is 19.8 Å². The van der Waals surface area contributed by atoms with Crippen LogP contribution in [0.2, 0.25) is 0 Å². The smallest absolute Gasteiger partial charge is 0.0645 e. The van der Waals surface area contributed by atoms with Crippen molar-refractivity contribution in [2.75, 3.05) is 13.6 Å². The summed E-state index contributed by atoms with van der Waals surface area (Å²) in [7, 11) is 2.22. The molecule has 9 heavy (non-hydrogen) atoms. The van der Waals surface area contributed by atoms with E-state index in [1.165, 1.54) is 19.4 Å². The van der Waals surface area contributed by atoms with Gasteiger partial charge in [-0.05, 0) is 25.9 Å². The van der Waals surface area contributed by atoms with Crippen molar-refractivity contribution in [1.82, 2.24) is 4.90 Å². The highest BCUT2D eigenvalue weighted by Gasteiger charge is 2.27. The first-order valence-electron chi connectivity index (χ1n) is 3.60. The maximum Gasteiger partial charge on any atom is 0.0645 e. The minimum atomic E-state index is 0.799. The van der Waals surface area contributed by atoms with E-state index in [0.29, 0.717) is 0 Å². The summed E-state index contributed by atoms with van der Waals surface area (Å²) in [5, 5.41) is 0. The lowest BCUT2D eigenvalue weighted by Crippen LogP contribution is -2.22. The van der Waals surface area contributed by atoms with Gasteiger partial charge in [0.05, 0.1) is 4.05 Å². The molecule has 0 bridgehead atoms. The minimum absolute atomic E-state index is 0.799. The van der Waals surface area contributed by atoms with Crippen molar-refractivity contribution >= 4 is 22.6 Å². The second-order valence-corrected chi connectivity index (χ2v) is 4.09. The summed E-state index contributed by atoms with van der Waals surface area (Å²) in [5.74, 6) is 0.954. The summed E-state index contributed by atoms with van der Waals surface area (Å²) < 4.78 is 0.799. The second-order valence-electron chi connectivity index (χ2n) is 2.81. The van der Waals surface area contributed by atoms with Crippen LogP contribution in [-0.2, 0) is 0 Å². The van der Waals surface area contributed by atoms with E-state index < -0.39 is 0 Å². The maximum absolute atomic E-state index is 2.55. The molecule has 0 spiro atoms. The zero-order valence-electron chi connectivity index (χ0n) is 6.10. The molecule has 1 heterocycles. The molecule has 54 valence electrons. The Balaban J connectivity index is 2.41. The van der Waals surface area contributed by atoms with Gasteiger partial charge in [0, 0.05) is 0 Å². The molecule has 0 aromatic heterocycles. The third kappa shape index (κ3) is 1.58. The summed E-state index contributed by atoms with van der Waals surface area (Å²) >= 11 is 2.55. The Hall–Kier alpha value is 0.690. The average molecular weight is 239 g/mol. The first kappa shape index (κ1) is 7.79. The van der Waals surface area contributed by atoms with Gasteiger partial charge in [-0.25, -0.2) is 0 Å². The summed E-state index contributed by atoms with van der Waals surface area (Å²) in [4.78, 5) is 2.44. The average Bonchev–Trinajstić information content (AvgIpc) is 2.15. The number of nitrogens with zero attached hydrogens (tertiary/aromatic N) is 1. The normalized spacial score (nSPS) is 37.7. The van der Waals surface area contributed by atoms with E-state index in [1.807, 2.05) is 0 Å². The lowest BCUT2D eigenvalue weighted by molar-refractivity contribution is 0.374. The van der Waals surface area contributed by atoms with Gasteiger partial charge in [0.15, 0.2) is 0 Å². The molecule has 1 aliphatic rings. The molecule has 1 fully saturated rings. The zero-order valence-corrected chi connectivity index (χ0v) is 8.26. The van der Waals surface area contributed by atoms with Crippen LogP contribution in [0, 0.1) is 5.92 Å². The Morgan fingerprint density at radius 1 is 1.67 bits per heavy atom. The van der Waals surface area contributed by atoms with E-state index in [0.717, 1.165) is 9.97 Å². The SMILES string of the molecule is CCC1CCN(C)C1I. The number of hydrogen-bond donors (Lipinski definition) is 0. The van der Waals surface area contributed by atoms with Crippen LogP contribution in [0.4, 0.5) is 0 Å². The Kier molecular flexibility index (Phi) is 2.76. The third-order valence-corrected chi connectivity index (χ3v) is 4.16. The van der Waals surface area contributed by atoms with Crippen molar-refractivity contribution in [3.05, 3.63) is 0 Å². The Morgan fingerprint density at radius 3 is 2.56 bits per heavy atom. The van der Waals surface area contributed by atoms with Crippen LogP contribution in [0.3, 0.4) is 0 Å². The fraction of sp³-hybridized carbons (Fsp3) is 1.00. The standard InChI is InChI=1S/C7H14IN/c1-3-6-4-5-9(2)7(6)8/h6-7H,3-5H2,1-2H3. The van der Waals surface area contributed by atoms with E-state index in [-0.39, 0.29) is 0 Å². The van der Waals surface area contributed by atoms with Crippen LogP contribution in [0.25, 0.3) is 0 Å². The third-order valence-electron chi connectivity index (χ3n) is 2.19. The van der Waals surface area contributed by atoms with Gasteiger partial charge in [-0.3, -0.25) is 4.90 Å². The van der Waals surface area contributed by atoms with Crippen molar-refractivity contribution in [3.8, 4) is 0 Å². The Bertz CT molecular complexity index is 94.9.